The Bertz CT molecular complexity index is 3180. The molecule has 2 aliphatic heterocycles. The number of methoxy groups -OCH3 is 8. The van der Waals surface area contributed by atoms with Gasteiger partial charge in [-0.1, -0.05) is 0 Å². The second-order valence-electron chi connectivity index (χ2n) is 17.9. The summed E-state index contributed by atoms with van der Waals surface area (Å²) in [4.78, 5) is 92.8. The maximum atomic E-state index is 13.7. The minimum Gasteiger partial charge on any atom is -0.493 e. The Labute approximate surface area is 397 Å². The first kappa shape index (κ1) is 44.1. The molecule has 4 aromatic heterocycles. The molecule has 4 aliphatic carbocycles. The Morgan fingerprint density at radius 1 is 0.500 bits per heavy atom. The number of amides is 2. The first-order valence-electron chi connectivity index (χ1n) is 22.2. The van der Waals surface area contributed by atoms with Crippen LogP contribution < -0.4 is 28.4 Å². The van der Waals surface area contributed by atoms with Gasteiger partial charge in [0.2, 0.25) is 23.1 Å². The summed E-state index contributed by atoms with van der Waals surface area (Å²) < 4.78 is 42.5. The Morgan fingerprint density at radius 3 is 1.23 bits per heavy atom. The van der Waals surface area contributed by atoms with Crippen molar-refractivity contribution in [2.45, 2.75) is 23.7 Å². The average molecular weight is 955 g/mol. The number of benzene rings is 2. The fraction of sp³-hybridized carbons (Fsp3) is 0.320. The van der Waals surface area contributed by atoms with Crippen molar-refractivity contribution in [2.24, 2.45) is 11.8 Å². The number of nitrogens with zero attached hydrogens (tertiary/aromatic N) is 2. The molecule has 2 amide bonds. The number of nitrogens with one attached hydrogen (secondary N) is 4. The van der Waals surface area contributed by atoms with Gasteiger partial charge in [0.25, 0.3) is 11.8 Å². The van der Waals surface area contributed by atoms with Crippen molar-refractivity contribution in [1.29, 1.82) is 0 Å². The fourth-order valence-electron chi connectivity index (χ4n) is 11.4. The topological polar surface area (TPSA) is 246 Å². The highest BCUT2D eigenvalue weighted by Gasteiger charge is 2.69. The summed E-state index contributed by atoms with van der Waals surface area (Å²) in [6.07, 6.45) is 4.66. The number of rotatable bonds is 10. The molecule has 2 aromatic carbocycles. The van der Waals surface area contributed by atoms with E-state index in [0.29, 0.717) is 92.8 Å². The van der Waals surface area contributed by atoms with E-state index in [2.05, 4.69) is 19.9 Å². The molecular formula is C50H46N6O14. The van der Waals surface area contributed by atoms with Crippen molar-refractivity contribution in [3.05, 3.63) is 105 Å². The third-order valence-corrected chi connectivity index (χ3v) is 14.7. The Morgan fingerprint density at radius 2 is 0.886 bits per heavy atom. The van der Waals surface area contributed by atoms with Crippen LogP contribution in [0.1, 0.15) is 86.9 Å². The summed E-state index contributed by atoms with van der Waals surface area (Å²) in [6, 6.07) is 10.4. The third kappa shape index (κ3) is 5.94. The molecule has 20 heteroatoms. The van der Waals surface area contributed by atoms with E-state index in [9.17, 15) is 28.8 Å². The number of allylic oxidation sites excluding steroid dienone is 4. The number of hydrogen-bond donors (Lipinski definition) is 4. The number of carbonyl (C=O) groups is 6. The van der Waals surface area contributed by atoms with Crippen LogP contribution in [0, 0.1) is 11.8 Å². The van der Waals surface area contributed by atoms with Gasteiger partial charge in [-0.25, -0.2) is 9.59 Å². The van der Waals surface area contributed by atoms with Gasteiger partial charge >= 0.3 is 11.9 Å². The van der Waals surface area contributed by atoms with Crippen LogP contribution in [0.4, 0.5) is 0 Å². The first-order valence-corrected chi connectivity index (χ1v) is 22.2. The second-order valence-corrected chi connectivity index (χ2v) is 17.9. The number of ketones is 2. The van der Waals surface area contributed by atoms with Gasteiger partial charge in [0.1, 0.15) is 22.8 Å². The van der Waals surface area contributed by atoms with Crippen molar-refractivity contribution in [3.63, 3.8) is 0 Å². The van der Waals surface area contributed by atoms with Gasteiger partial charge in [0.05, 0.1) is 79.3 Å². The van der Waals surface area contributed by atoms with E-state index in [0.717, 1.165) is 34.7 Å². The minimum absolute atomic E-state index is 0.171. The summed E-state index contributed by atoms with van der Waals surface area (Å²) in [5.41, 5.74) is 5.13. The van der Waals surface area contributed by atoms with Crippen molar-refractivity contribution in [3.8, 4) is 34.5 Å². The average Bonchev–Trinajstić information content (AvgIpc) is 3.80. The van der Waals surface area contributed by atoms with Gasteiger partial charge in [-0.15, -0.1) is 0 Å². The van der Waals surface area contributed by atoms with Crippen molar-refractivity contribution in [2.75, 3.05) is 70.0 Å². The lowest BCUT2D eigenvalue weighted by atomic mass is 9.85. The molecule has 6 aliphatic rings. The van der Waals surface area contributed by atoms with Gasteiger partial charge in [-0.3, -0.25) is 19.2 Å². The lowest BCUT2D eigenvalue weighted by Crippen LogP contribution is -2.33. The predicted octanol–water partition coefficient (Wildman–Crippen LogP) is 5.60. The molecule has 70 heavy (non-hydrogen) atoms. The molecular weight excluding hydrogens is 909 g/mol. The molecule has 2 spiro atoms. The van der Waals surface area contributed by atoms with Gasteiger partial charge in [-0.05, 0) is 72.2 Å². The van der Waals surface area contributed by atoms with E-state index in [4.69, 9.17) is 37.9 Å². The molecule has 20 nitrogen and oxygen atoms in total. The zero-order valence-corrected chi connectivity index (χ0v) is 39.2. The maximum absolute atomic E-state index is 13.7. The van der Waals surface area contributed by atoms with Crippen LogP contribution in [0.2, 0.25) is 0 Å². The zero-order valence-electron chi connectivity index (χ0n) is 39.2. The van der Waals surface area contributed by atoms with Crippen LogP contribution in [0.25, 0.3) is 21.8 Å². The molecule has 0 bridgehead atoms. The standard InChI is InChI=1S/2C25H23N3O7/c2*1-32-17-6-11-5-14(26-19(11)22(34-3)21(17)33-2)23(30)28-10-12-9-25(12)13-7-15(24(31)35-4)27-20(13)16(29)8-18(25)28/h2*5-8,12,26-27H,9-10H2,1-4H3/t2*12-,25-/m11/s1. The van der Waals surface area contributed by atoms with Crippen LogP contribution in [0.15, 0.2) is 59.9 Å². The highest BCUT2D eigenvalue weighted by molar-refractivity contribution is 6.12. The van der Waals surface area contributed by atoms with Crippen LogP contribution in [-0.4, -0.2) is 135 Å². The summed E-state index contributed by atoms with van der Waals surface area (Å²) >= 11 is 0. The van der Waals surface area contributed by atoms with Gasteiger partial charge in [0, 0.05) is 58.2 Å². The van der Waals surface area contributed by atoms with E-state index < -0.39 is 22.8 Å². The monoisotopic (exact) mass is 954 g/mol. The fourth-order valence-corrected chi connectivity index (χ4v) is 11.4. The number of ether oxygens (including phenoxy) is 8. The number of carbonyl (C=O) groups excluding carboxylic acids is 6. The first-order chi connectivity index (χ1) is 33.7. The largest absolute Gasteiger partial charge is 0.493 e. The molecule has 4 atom stereocenters. The number of aromatic amines is 4. The van der Waals surface area contributed by atoms with E-state index in [1.807, 2.05) is 0 Å². The van der Waals surface area contributed by atoms with Gasteiger partial charge in [-0.2, -0.15) is 0 Å². The summed E-state index contributed by atoms with van der Waals surface area (Å²) in [6.45, 7) is 0.963. The van der Waals surface area contributed by atoms with E-state index in [1.165, 1.54) is 69.0 Å². The van der Waals surface area contributed by atoms with Crippen LogP contribution in [0.3, 0.4) is 0 Å². The molecule has 0 unspecified atom stereocenters. The summed E-state index contributed by atoms with van der Waals surface area (Å²) in [7, 11) is 11.7. The van der Waals surface area contributed by atoms with Crippen molar-refractivity contribution >= 4 is 57.1 Å². The summed E-state index contributed by atoms with van der Waals surface area (Å²) in [5, 5.41) is 1.46. The number of likely N-dealkylation sites (tertiary alicyclic amines) is 2. The number of H-pyrrole nitrogens is 4. The quantitative estimate of drug-likeness (QED) is 0.122. The second kappa shape index (κ2) is 15.6. The zero-order chi connectivity index (χ0) is 49.3. The molecule has 6 heterocycles. The number of esters is 2. The van der Waals surface area contributed by atoms with Crippen LogP contribution in [-0.2, 0) is 20.3 Å². The van der Waals surface area contributed by atoms with Gasteiger partial charge in [0.15, 0.2) is 23.0 Å². The molecule has 2 saturated heterocycles. The number of fused-ring (bicyclic) bond motifs is 4. The summed E-state index contributed by atoms with van der Waals surface area (Å²) in [5.74, 6) is 0.907. The normalized spacial score (nSPS) is 21.7. The van der Waals surface area contributed by atoms with E-state index in [-0.39, 0.29) is 46.6 Å². The minimum atomic E-state index is -0.536. The molecule has 360 valence electrons. The number of aromatic nitrogens is 4. The lowest BCUT2D eigenvalue weighted by Gasteiger charge is -2.27. The molecule has 4 fully saturated rings. The van der Waals surface area contributed by atoms with Gasteiger partial charge < -0.3 is 67.6 Å². The maximum Gasteiger partial charge on any atom is 0.354 e. The smallest absolute Gasteiger partial charge is 0.354 e. The lowest BCUT2D eigenvalue weighted by molar-refractivity contribution is 0.0586. The highest BCUT2D eigenvalue weighted by atomic mass is 16.5. The number of piperidine rings is 2. The Balaban J connectivity index is 0.000000152. The van der Waals surface area contributed by atoms with Crippen LogP contribution in [0.5, 0.6) is 34.5 Å². The molecule has 0 radical (unpaired) electrons. The number of hydrogen-bond acceptors (Lipinski definition) is 14. The highest BCUT2D eigenvalue weighted by Crippen LogP contribution is 2.68. The van der Waals surface area contributed by atoms with E-state index in [1.54, 1.807) is 46.2 Å². The molecule has 12 rings (SSSR count). The third-order valence-electron chi connectivity index (χ3n) is 14.7. The molecule has 2 saturated carbocycles. The van der Waals surface area contributed by atoms with Crippen LogP contribution >= 0.6 is 0 Å². The van der Waals surface area contributed by atoms with E-state index >= 15 is 0 Å². The predicted molar refractivity (Wildman–Crippen MR) is 247 cm³/mol. The Hall–Kier alpha value is -8.42. The van der Waals surface area contributed by atoms with Crippen molar-refractivity contribution < 1.29 is 66.7 Å². The SMILES string of the molecule is COC(=O)c1cc2c([nH]1)C(=O)C=C1N(C(=O)c3cc4cc(OC)c(OC)c(OC)c4[nH]3)C[C@H]3C[C@]123.COC(=O)c1cc2c([nH]1)C(=O)C=C1N(C(=O)c3cc4cc(OC)c(OC)c(OC)c4[nH]3)C[C@H]3C[C@]123. The molecule has 4 N–H and O–H groups in total. The Kier molecular flexibility index (Phi) is 9.80. The molecule has 6 aromatic rings. The van der Waals surface area contributed by atoms with Crippen molar-refractivity contribution in [1.82, 2.24) is 29.7 Å².